The van der Waals surface area contributed by atoms with Gasteiger partial charge >= 0.3 is 0 Å². The maximum Gasteiger partial charge on any atom is 0.129 e. The standard InChI is InChI=1S/C17H21FO2/c18-17-12-14(6-5-11-19)9-10-15(17)13-20-16-7-3-1-2-4-8-16/h9-10,12,16,19H,1-4,7-8,11,13H2. The summed E-state index contributed by atoms with van der Waals surface area (Å²) in [6, 6.07) is 4.87. The molecule has 0 amide bonds. The summed E-state index contributed by atoms with van der Waals surface area (Å²) in [5.74, 6) is 4.92. The molecule has 0 spiro atoms. The van der Waals surface area contributed by atoms with Crippen LogP contribution >= 0.6 is 0 Å². The number of benzene rings is 1. The minimum Gasteiger partial charge on any atom is -0.384 e. The van der Waals surface area contributed by atoms with E-state index in [4.69, 9.17) is 9.84 Å². The zero-order valence-electron chi connectivity index (χ0n) is 11.7. The maximum atomic E-state index is 13.9. The molecule has 0 unspecified atom stereocenters. The van der Waals surface area contributed by atoms with Gasteiger partial charge in [0.25, 0.3) is 0 Å². The Labute approximate surface area is 120 Å². The Morgan fingerprint density at radius 2 is 1.95 bits per heavy atom. The first kappa shape index (κ1) is 15.0. The van der Waals surface area contributed by atoms with Crippen LogP contribution in [0.2, 0.25) is 0 Å². The van der Waals surface area contributed by atoms with E-state index in [2.05, 4.69) is 11.8 Å². The summed E-state index contributed by atoms with van der Waals surface area (Å²) < 4.78 is 19.7. The fourth-order valence-corrected chi connectivity index (χ4v) is 2.50. The summed E-state index contributed by atoms with van der Waals surface area (Å²) in [5.41, 5.74) is 1.15. The average molecular weight is 276 g/mol. The van der Waals surface area contributed by atoms with Gasteiger partial charge in [0.1, 0.15) is 12.4 Å². The molecule has 0 radical (unpaired) electrons. The lowest BCUT2D eigenvalue weighted by molar-refractivity contribution is 0.0295. The molecule has 1 aromatic carbocycles. The van der Waals surface area contributed by atoms with Gasteiger partial charge in [-0.05, 0) is 25.0 Å². The van der Waals surface area contributed by atoms with E-state index in [0.29, 0.717) is 17.7 Å². The number of aliphatic hydroxyl groups excluding tert-OH is 1. The third-order valence-corrected chi connectivity index (χ3v) is 3.64. The van der Waals surface area contributed by atoms with Crippen LogP contribution in [-0.4, -0.2) is 17.8 Å². The van der Waals surface area contributed by atoms with Crippen LogP contribution in [0.15, 0.2) is 18.2 Å². The van der Waals surface area contributed by atoms with Crippen molar-refractivity contribution in [1.29, 1.82) is 0 Å². The highest BCUT2D eigenvalue weighted by molar-refractivity contribution is 5.36. The maximum absolute atomic E-state index is 13.9. The zero-order valence-corrected chi connectivity index (χ0v) is 11.7. The van der Waals surface area contributed by atoms with Crippen LogP contribution in [0.1, 0.15) is 49.7 Å². The third-order valence-electron chi connectivity index (χ3n) is 3.64. The number of hydrogen-bond donors (Lipinski definition) is 1. The fourth-order valence-electron chi connectivity index (χ4n) is 2.50. The highest BCUT2D eigenvalue weighted by Crippen LogP contribution is 2.21. The summed E-state index contributed by atoms with van der Waals surface area (Å²) in [6.07, 6.45) is 7.43. The van der Waals surface area contributed by atoms with Crippen molar-refractivity contribution >= 4 is 0 Å². The predicted molar refractivity (Wildman–Crippen MR) is 76.6 cm³/mol. The van der Waals surface area contributed by atoms with Crippen molar-refractivity contribution in [3.63, 3.8) is 0 Å². The lowest BCUT2D eigenvalue weighted by Crippen LogP contribution is -2.12. The molecule has 0 aliphatic heterocycles. The highest BCUT2D eigenvalue weighted by atomic mass is 19.1. The van der Waals surface area contributed by atoms with Gasteiger partial charge in [-0.1, -0.05) is 43.6 Å². The summed E-state index contributed by atoms with van der Waals surface area (Å²) in [4.78, 5) is 0. The number of rotatable bonds is 3. The Bertz CT molecular complexity index is 479. The van der Waals surface area contributed by atoms with Crippen LogP contribution in [0, 0.1) is 17.7 Å². The van der Waals surface area contributed by atoms with Gasteiger partial charge in [-0.3, -0.25) is 0 Å². The molecule has 0 atom stereocenters. The molecule has 0 saturated heterocycles. The van der Waals surface area contributed by atoms with Crippen molar-refractivity contribution in [2.75, 3.05) is 6.61 Å². The normalized spacial score (nSPS) is 16.3. The molecule has 1 aromatic rings. The van der Waals surface area contributed by atoms with E-state index in [1.165, 1.54) is 31.7 Å². The van der Waals surface area contributed by atoms with E-state index in [1.807, 2.05) is 0 Å². The summed E-state index contributed by atoms with van der Waals surface area (Å²) >= 11 is 0. The van der Waals surface area contributed by atoms with Crippen molar-refractivity contribution in [1.82, 2.24) is 0 Å². The van der Waals surface area contributed by atoms with Gasteiger partial charge in [0.05, 0.1) is 12.7 Å². The first-order valence-electron chi connectivity index (χ1n) is 7.29. The van der Waals surface area contributed by atoms with Gasteiger partial charge < -0.3 is 9.84 Å². The second-order valence-electron chi connectivity index (χ2n) is 5.19. The summed E-state index contributed by atoms with van der Waals surface area (Å²) in [6.45, 7) is 0.109. The van der Waals surface area contributed by atoms with Crippen LogP contribution in [0.25, 0.3) is 0 Å². The molecule has 2 nitrogen and oxygen atoms in total. The second-order valence-corrected chi connectivity index (χ2v) is 5.19. The lowest BCUT2D eigenvalue weighted by Gasteiger charge is -2.15. The molecule has 0 aromatic heterocycles. The van der Waals surface area contributed by atoms with Gasteiger partial charge in [-0.2, -0.15) is 0 Å². The molecule has 1 fully saturated rings. The Morgan fingerprint density at radius 1 is 1.20 bits per heavy atom. The van der Waals surface area contributed by atoms with E-state index in [0.717, 1.165) is 12.8 Å². The lowest BCUT2D eigenvalue weighted by atomic mass is 10.1. The van der Waals surface area contributed by atoms with Crippen LogP contribution in [0.4, 0.5) is 4.39 Å². The molecule has 1 N–H and O–H groups in total. The summed E-state index contributed by atoms with van der Waals surface area (Å²) in [7, 11) is 0. The van der Waals surface area contributed by atoms with Crippen molar-refractivity contribution in [2.45, 2.75) is 51.2 Å². The van der Waals surface area contributed by atoms with Crippen LogP contribution < -0.4 is 0 Å². The molecule has 108 valence electrons. The Balaban J connectivity index is 1.92. The molecular weight excluding hydrogens is 255 g/mol. The van der Waals surface area contributed by atoms with Gasteiger partial charge in [-0.15, -0.1) is 0 Å². The Kier molecular flexibility index (Phi) is 6.04. The average Bonchev–Trinajstić information content (AvgIpc) is 2.73. The van der Waals surface area contributed by atoms with Gasteiger partial charge in [0, 0.05) is 11.1 Å². The highest BCUT2D eigenvalue weighted by Gasteiger charge is 2.13. The second kappa shape index (κ2) is 8.04. The third kappa shape index (κ3) is 4.63. The quantitative estimate of drug-likeness (QED) is 0.677. The van der Waals surface area contributed by atoms with E-state index in [-0.39, 0.29) is 18.5 Å². The van der Waals surface area contributed by atoms with Crippen molar-refractivity contribution in [3.8, 4) is 11.8 Å². The van der Waals surface area contributed by atoms with E-state index in [1.54, 1.807) is 12.1 Å². The largest absolute Gasteiger partial charge is 0.384 e. The fraction of sp³-hybridized carbons (Fsp3) is 0.529. The van der Waals surface area contributed by atoms with Gasteiger partial charge in [-0.25, -0.2) is 4.39 Å². The van der Waals surface area contributed by atoms with Crippen LogP contribution in [0.3, 0.4) is 0 Å². The topological polar surface area (TPSA) is 29.5 Å². The molecule has 2 rings (SSSR count). The molecule has 1 saturated carbocycles. The zero-order chi connectivity index (χ0) is 14.2. The SMILES string of the molecule is OCC#Cc1ccc(COC2CCCCCC2)c(F)c1. The first-order valence-corrected chi connectivity index (χ1v) is 7.29. The van der Waals surface area contributed by atoms with E-state index in [9.17, 15) is 4.39 Å². The van der Waals surface area contributed by atoms with Crippen molar-refractivity contribution < 1.29 is 14.2 Å². The molecule has 20 heavy (non-hydrogen) atoms. The van der Waals surface area contributed by atoms with Crippen LogP contribution in [0.5, 0.6) is 0 Å². The van der Waals surface area contributed by atoms with E-state index < -0.39 is 0 Å². The van der Waals surface area contributed by atoms with Gasteiger partial charge in [0.2, 0.25) is 0 Å². The molecular formula is C17H21FO2. The summed E-state index contributed by atoms with van der Waals surface area (Å²) in [5, 5.41) is 8.62. The smallest absolute Gasteiger partial charge is 0.129 e. The van der Waals surface area contributed by atoms with E-state index >= 15 is 0 Å². The predicted octanol–water partition coefficient (Wildman–Crippen LogP) is 3.41. The van der Waals surface area contributed by atoms with Crippen molar-refractivity contribution in [2.24, 2.45) is 0 Å². The molecule has 0 bridgehead atoms. The first-order chi connectivity index (χ1) is 9.79. The molecule has 1 aliphatic rings. The molecule has 1 aliphatic carbocycles. The van der Waals surface area contributed by atoms with Gasteiger partial charge in [0.15, 0.2) is 0 Å². The number of halogens is 1. The molecule has 0 heterocycles. The minimum absolute atomic E-state index is 0.214. The Hall–Kier alpha value is -1.37. The van der Waals surface area contributed by atoms with Crippen LogP contribution in [-0.2, 0) is 11.3 Å². The Morgan fingerprint density at radius 3 is 2.60 bits per heavy atom. The number of ether oxygens (including phenoxy) is 1. The minimum atomic E-state index is -0.289. The molecule has 3 heteroatoms. The number of hydrogen-bond acceptors (Lipinski definition) is 2. The monoisotopic (exact) mass is 276 g/mol. The number of aliphatic hydroxyl groups is 1. The van der Waals surface area contributed by atoms with Crippen molar-refractivity contribution in [3.05, 3.63) is 35.1 Å².